The van der Waals surface area contributed by atoms with Crippen LogP contribution in [0.4, 0.5) is 10.5 Å². The zero-order valence-electron chi connectivity index (χ0n) is 18.3. The lowest BCUT2D eigenvalue weighted by atomic mass is 10.2. The molecule has 1 fully saturated rings. The number of carbonyl (C=O) groups excluding carboxylic acids is 2. The van der Waals surface area contributed by atoms with Gasteiger partial charge >= 0.3 is 6.03 Å². The van der Waals surface area contributed by atoms with Crippen LogP contribution in [0.25, 0.3) is 0 Å². The number of ether oxygens (including phenoxy) is 2. The molecule has 0 aliphatic carbocycles. The first-order valence-corrected chi connectivity index (χ1v) is 10.2. The summed E-state index contributed by atoms with van der Waals surface area (Å²) in [6.45, 7) is 7.18. The summed E-state index contributed by atoms with van der Waals surface area (Å²) in [4.78, 5) is 29.7. The average molecular weight is 413 g/mol. The van der Waals surface area contributed by atoms with Crippen LogP contribution in [0.15, 0.2) is 42.5 Å². The van der Waals surface area contributed by atoms with Crippen molar-refractivity contribution in [2.45, 2.75) is 33.4 Å². The normalized spacial score (nSPS) is 17.4. The zero-order valence-corrected chi connectivity index (χ0v) is 18.3. The van der Waals surface area contributed by atoms with Crippen LogP contribution in [0.1, 0.15) is 25.0 Å². The number of nitrogens with zero attached hydrogens (tertiary/aromatic N) is 2. The summed E-state index contributed by atoms with van der Waals surface area (Å²) in [6.07, 6.45) is 0. The molecule has 3 rings (SSSR count). The molecule has 1 unspecified atom stereocenters. The molecule has 7 nitrogen and oxygen atoms in total. The van der Waals surface area contributed by atoms with Crippen molar-refractivity contribution in [2.24, 2.45) is 0 Å². The minimum atomic E-state index is -0.515. The maximum Gasteiger partial charge on any atom is 0.336 e. The van der Waals surface area contributed by atoms with Crippen molar-refractivity contribution < 1.29 is 24.0 Å². The standard InChI is InChI=1S/C23H29N3O4/c1-6-30-20-12-9-18(13-21(20)29-5)14-24(4)15-25-22(27)17(3)26(23(25)28)19-10-7-16(2)8-11-19/h7-13,17H,6,14-15H2,1-5H3/p+1/t17-/m0/s1. The highest BCUT2D eigenvalue weighted by atomic mass is 16.5. The molecule has 0 bridgehead atoms. The van der Waals surface area contributed by atoms with Gasteiger partial charge in [0.25, 0.3) is 5.91 Å². The minimum Gasteiger partial charge on any atom is -0.493 e. The third kappa shape index (κ3) is 4.41. The molecule has 1 aliphatic rings. The van der Waals surface area contributed by atoms with Crippen molar-refractivity contribution in [2.75, 3.05) is 32.3 Å². The monoisotopic (exact) mass is 412 g/mol. The van der Waals surface area contributed by atoms with Crippen molar-refractivity contribution in [1.82, 2.24) is 4.90 Å². The third-order valence-corrected chi connectivity index (χ3v) is 5.22. The number of quaternary nitrogens is 1. The van der Waals surface area contributed by atoms with Crippen molar-refractivity contribution in [3.8, 4) is 11.5 Å². The van der Waals surface area contributed by atoms with Gasteiger partial charge in [0.1, 0.15) is 12.6 Å². The summed E-state index contributed by atoms with van der Waals surface area (Å²) in [6, 6.07) is 12.6. The van der Waals surface area contributed by atoms with Crippen LogP contribution < -0.4 is 19.3 Å². The van der Waals surface area contributed by atoms with E-state index in [2.05, 4.69) is 0 Å². The predicted octanol–water partition coefficient (Wildman–Crippen LogP) is 2.23. The third-order valence-electron chi connectivity index (χ3n) is 5.22. The van der Waals surface area contributed by atoms with Crippen LogP contribution in [0, 0.1) is 6.92 Å². The fourth-order valence-electron chi connectivity index (χ4n) is 3.68. The molecule has 3 amide bonds. The van der Waals surface area contributed by atoms with Crippen LogP contribution >= 0.6 is 0 Å². The zero-order chi connectivity index (χ0) is 21.8. The molecule has 1 aliphatic heterocycles. The van der Waals surface area contributed by atoms with E-state index in [0.717, 1.165) is 21.7 Å². The lowest BCUT2D eigenvalue weighted by Gasteiger charge is -2.21. The van der Waals surface area contributed by atoms with Gasteiger partial charge in [0.05, 0.1) is 20.8 Å². The summed E-state index contributed by atoms with van der Waals surface area (Å²) < 4.78 is 11.0. The Hall–Kier alpha value is -3.06. The first-order valence-electron chi connectivity index (χ1n) is 10.2. The topological polar surface area (TPSA) is 63.5 Å². The molecule has 1 N–H and O–H groups in total. The quantitative estimate of drug-likeness (QED) is 0.676. The SMILES string of the molecule is CCOc1ccc(C[NH+](C)CN2C(=O)[C@H](C)N(c3ccc(C)cc3)C2=O)cc1OC. The van der Waals surface area contributed by atoms with Crippen LogP contribution in [0.2, 0.25) is 0 Å². The Morgan fingerprint density at radius 3 is 2.40 bits per heavy atom. The molecule has 30 heavy (non-hydrogen) atoms. The van der Waals surface area contributed by atoms with Gasteiger partial charge in [0.2, 0.25) is 0 Å². The highest BCUT2D eigenvalue weighted by molar-refractivity contribution is 6.13. The van der Waals surface area contributed by atoms with E-state index < -0.39 is 6.04 Å². The molecule has 0 spiro atoms. The van der Waals surface area contributed by atoms with Gasteiger partial charge in [-0.05, 0) is 51.1 Å². The average Bonchev–Trinajstić information content (AvgIpc) is 2.93. The summed E-state index contributed by atoms with van der Waals surface area (Å²) in [5, 5.41) is 0. The van der Waals surface area contributed by atoms with E-state index in [0.29, 0.717) is 31.3 Å². The molecule has 1 saturated heterocycles. The Labute approximate surface area is 177 Å². The van der Waals surface area contributed by atoms with Gasteiger partial charge in [0, 0.05) is 11.3 Å². The van der Waals surface area contributed by atoms with Crippen molar-refractivity contribution >= 4 is 17.6 Å². The van der Waals surface area contributed by atoms with E-state index in [1.165, 1.54) is 4.90 Å². The molecule has 2 atom stereocenters. The number of anilines is 1. The number of imide groups is 1. The van der Waals surface area contributed by atoms with Gasteiger partial charge in [-0.3, -0.25) is 9.69 Å². The van der Waals surface area contributed by atoms with Crippen LogP contribution in [0.3, 0.4) is 0 Å². The molecule has 160 valence electrons. The molecule has 2 aromatic carbocycles. The lowest BCUT2D eigenvalue weighted by molar-refractivity contribution is -0.901. The predicted molar refractivity (Wildman–Crippen MR) is 115 cm³/mol. The number of rotatable bonds is 8. The maximum absolute atomic E-state index is 13.0. The molecular formula is C23H30N3O4+. The molecule has 0 saturated carbocycles. The number of benzene rings is 2. The molecule has 0 radical (unpaired) electrons. The number of hydrogen-bond donors (Lipinski definition) is 1. The van der Waals surface area contributed by atoms with Crippen LogP contribution in [-0.4, -0.2) is 50.3 Å². The van der Waals surface area contributed by atoms with Crippen molar-refractivity contribution in [3.63, 3.8) is 0 Å². The van der Waals surface area contributed by atoms with E-state index in [9.17, 15) is 9.59 Å². The number of amides is 3. The van der Waals surface area contributed by atoms with E-state index in [-0.39, 0.29) is 11.9 Å². The second kappa shape index (κ2) is 9.17. The van der Waals surface area contributed by atoms with Gasteiger partial charge in [0.15, 0.2) is 18.2 Å². The minimum absolute atomic E-state index is 0.177. The summed E-state index contributed by atoms with van der Waals surface area (Å²) >= 11 is 0. The van der Waals surface area contributed by atoms with E-state index in [4.69, 9.17) is 9.47 Å². The van der Waals surface area contributed by atoms with E-state index in [1.807, 2.05) is 63.4 Å². The second-order valence-corrected chi connectivity index (χ2v) is 7.64. The van der Waals surface area contributed by atoms with E-state index >= 15 is 0 Å². The Kier molecular flexibility index (Phi) is 6.62. The molecule has 0 aromatic heterocycles. The van der Waals surface area contributed by atoms with Crippen LogP contribution in [-0.2, 0) is 11.3 Å². The smallest absolute Gasteiger partial charge is 0.336 e. The second-order valence-electron chi connectivity index (χ2n) is 7.64. The number of aryl methyl sites for hydroxylation is 1. The van der Waals surface area contributed by atoms with Gasteiger partial charge in [-0.15, -0.1) is 0 Å². The summed E-state index contributed by atoms with van der Waals surface area (Å²) in [5.74, 6) is 1.20. The lowest BCUT2D eigenvalue weighted by Crippen LogP contribution is -3.09. The first kappa shape index (κ1) is 21.6. The fraction of sp³-hybridized carbons (Fsp3) is 0.391. The number of carbonyl (C=O) groups is 2. The highest BCUT2D eigenvalue weighted by Gasteiger charge is 2.44. The molecular weight excluding hydrogens is 382 g/mol. The van der Waals surface area contributed by atoms with Gasteiger partial charge in [-0.25, -0.2) is 9.69 Å². The summed E-state index contributed by atoms with van der Waals surface area (Å²) in [7, 11) is 3.57. The maximum atomic E-state index is 13.0. The fourth-order valence-corrected chi connectivity index (χ4v) is 3.68. The number of methoxy groups -OCH3 is 1. The molecule has 7 heteroatoms. The van der Waals surface area contributed by atoms with Gasteiger partial charge in [-0.2, -0.15) is 0 Å². The molecule has 1 heterocycles. The van der Waals surface area contributed by atoms with Gasteiger partial charge in [-0.1, -0.05) is 17.7 Å². The number of nitrogens with one attached hydrogen (secondary N) is 1. The van der Waals surface area contributed by atoms with E-state index in [1.54, 1.807) is 18.9 Å². The van der Waals surface area contributed by atoms with Crippen molar-refractivity contribution in [3.05, 3.63) is 53.6 Å². The Bertz CT molecular complexity index is 913. The largest absolute Gasteiger partial charge is 0.493 e. The summed E-state index contributed by atoms with van der Waals surface area (Å²) in [5.41, 5.74) is 2.88. The number of hydrogen-bond acceptors (Lipinski definition) is 4. The van der Waals surface area contributed by atoms with Crippen molar-refractivity contribution in [1.29, 1.82) is 0 Å². The molecule has 2 aromatic rings. The number of urea groups is 1. The van der Waals surface area contributed by atoms with Crippen LogP contribution in [0.5, 0.6) is 11.5 Å². The van der Waals surface area contributed by atoms with Gasteiger partial charge < -0.3 is 14.4 Å². The highest BCUT2D eigenvalue weighted by Crippen LogP contribution is 2.28. The Balaban J connectivity index is 1.70. The Morgan fingerprint density at radius 2 is 1.77 bits per heavy atom. The Morgan fingerprint density at radius 1 is 1.07 bits per heavy atom. The first-order chi connectivity index (χ1) is 14.3.